The summed E-state index contributed by atoms with van der Waals surface area (Å²) in [6.07, 6.45) is 3.89. The Labute approximate surface area is 132 Å². The van der Waals surface area contributed by atoms with Crippen molar-refractivity contribution in [1.29, 1.82) is 0 Å². The fourth-order valence-corrected chi connectivity index (χ4v) is 3.08. The first kappa shape index (κ1) is 17.9. The molecule has 0 spiro atoms. The third kappa shape index (κ3) is 3.95. The van der Waals surface area contributed by atoms with Gasteiger partial charge in [-0.3, -0.25) is 4.79 Å². The van der Waals surface area contributed by atoms with Gasteiger partial charge in [-0.25, -0.2) is 4.39 Å². The van der Waals surface area contributed by atoms with E-state index in [-0.39, 0.29) is 29.5 Å². The quantitative estimate of drug-likeness (QED) is 0.907. The van der Waals surface area contributed by atoms with Gasteiger partial charge >= 0.3 is 0 Å². The maximum absolute atomic E-state index is 13.2. The number of carbonyl (C=O) groups excluding carboxylic acids is 1. The number of nitrogens with zero attached hydrogens (tertiary/aromatic N) is 1. The average molecular weight is 315 g/mol. The summed E-state index contributed by atoms with van der Waals surface area (Å²) in [6, 6.07) is 6.43. The van der Waals surface area contributed by atoms with Crippen molar-refractivity contribution < 1.29 is 9.18 Å². The second-order valence-electron chi connectivity index (χ2n) is 5.64. The third-order valence-electron chi connectivity index (χ3n) is 4.34. The van der Waals surface area contributed by atoms with E-state index in [1.165, 1.54) is 12.1 Å². The highest BCUT2D eigenvalue weighted by Crippen LogP contribution is 2.39. The number of carbonyl (C=O) groups is 1. The van der Waals surface area contributed by atoms with Crippen molar-refractivity contribution in [1.82, 2.24) is 4.90 Å². The Bertz CT molecular complexity index is 475. The first-order valence-corrected chi connectivity index (χ1v) is 7.35. The Morgan fingerprint density at radius 3 is 2.57 bits per heavy atom. The van der Waals surface area contributed by atoms with Crippen molar-refractivity contribution in [3.05, 3.63) is 35.6 Å². The van der Waals surface area contributed by atoms with Crippen molar-refractivity contribution in [3.63, 3.8) is 0 Å². The van der Waals surface area contributed by atoms with E-state index in [1.807, 2.05) is 13.0 Å². The number of hydrogen-bond donors (Lipinski definition) is 1. The fraction of sp³-hybridized carbons (Fsp3) is 0.562. The van der Waals surface area contributed by atoms with E-state index in [9.17, 15) is 9.18 Å². The van der Waals surface area contributed by atoms with Crippen molar-refractivity contribution in [2.45, 2.75) is 39.2 Å². The molecule has 1 fully saturated rings. The van der Waals surface area contributed by atoms with E-state index in [0.29, 0.717) is 19.6 Å². The normalized spacial score (nSPS) is 16.3. The molecule has 0 aliphatic heterocycles. The molecule has 0 radical (unpaired) electrons. The van der Waals surface area contributed by atoms with E-state index >= 15 is 0 Å². The van der Waals surface area contributed by atoms with Gasteiger partial charge < -0.3 is 10.6 Å². The van der Waals surface area contributed by atoms with Gasteiger partial charge in [0.1, 0.15) is 5.82 Å². The molecular formula is C16H24ClFN2O. The summed E-state index contributed by atoms with van der Waals surface area (Å²) in [4.78, 5) is 14.6. The zero-order chi connectivity index (χ0) is 14.6. The Balaban J connectivity index is 0.00000220. The van der Waals surface area contributed by atoms with Crippen LogP contribution in [0.2, 0.25) is 0 Å². The zero-order valence-electron chi connectivity index (χ0n) is 12.5. The van der Waals surface area contributed by atoms with Crippen LogP contribution in [0, 0.1) is 11.2 Å². The molecule has 2 N–H and O–H groups in total. The van der Waals surface area contributed by atoms with Crippen molar-refractivity contribution in [2.24, 2.45) is 11.1 Å². The predicted molar refractivity (Wildman–Crippen MR) is 84.7 cm³/mol. The monoisotopic (exact) mass is 314 g/mol. The maximum atomic E-state index is 13.2. The second kappa shape index (κ2) is 7.76. The van der Waals surface area contributed by atoms with Crippen LogP contribution in [0.5, 0.6) is 0 Å². The van der Waals surface area contributed by atoms with Crippen LogP contribution < -0.4 is 5.73 Å². The maximum Gasteiger partial charge on any atom is 0.230 e. The van der Waals surface area contributed by atoms with Crippen LogP contribution in [0.3, 0.4) is 0 Å². The molecule has 3 nitrogen and oxygen atoms in total. The SMILES string of the molecule is CCN(Cc1cccc(F)c1)C(=O)C1(CN)CCCC1.Cl. The molecule has 2 rings (SSSR count). The highest BCUT2D eigenvalue weighted by Gasteiger charge is 2.41. The molecule has 1 amide bonds. The third-order valence-corrected chi connectivity index (χ3v) is 4.34. The molecule has 1 aliphatic carbocycles. The smallest absolute Gasteiger partial charge is 0.230 e. The molecule has 118 valence electrons. The van der Waals surface area contributed by atoms with E-state index in [1.54, 1.807) is 11.0 Å². The molecule has 5 heteroatoms. The molecule has 1 aromatic carbocycles. The van der Waals surface area contributed by atoms with Gasteiger partial charge in [-0.05, 0) is 37.5 Å². The summed E-state index contributed by atoms with van der Waals surface area (Å²) in [6.45, 7) is 3.44. The highest BCUT2D eigenvalue weighted by molar-refractivity contribution is 5.85. The van der Waals surface area contributed by atoms with Gasteiger partial charge in [0.2, 0.25) is 5.91 Å². The topological polar surface area (TPSA) is 46.3 Å². The minimum absolute atomic E-state index is 0. The summed E-state index contributed by atoms with van der Waals surface area (Å²) in [7, 11) is 0. The minimum atomic E-state index is -0.386. The van der Waals surface area contributed by atoms with Crippen LogP contribution in [-0.2, 0) is 11.3 Å². The molecule has 0 unspecified atom stereocenters. The lowest BCUT2D eigenvalue weighted by molar-refractivity contribution is -0.141. The number of rotatable bonds is 5. The first-order chi connectivity index (χ1) is 9.61. The van der Waals surface area contributed by atoms with E-state index in [0.717, 1.165) is 31.2 Å². The first-order valence-electron chi connectivity index (χ1n) is 7.35. The molecule has 0 bridgehead atoms. The molecule has 0 atom stereocenters. The lowest BCUT2D eigenvalue weighted by Crippen LogP contribution is -2.46. The van der Waals surface area contributed by atoms with Crippen LogP contribution in [0.1, 0.15) is 38.2 Å². The van der Waals surface area contributed by atoms with Gasteiger partial charge in [0.05, 0.1) is 5.41 Å². The summed E-state index contributed by atoms with van der Waals surface area (Å²) in [5.41, 5.74) is 6.31. The van der Waals surface area contributed by atoms with Crippen LogP contribution >= 0.6 is 12.4 Å². The Morgan fingerprint density at radius 2 is 2.05 bits per heavy atom. The van der Waals surface area contributed by atoms with E-state index in [4.69, 9.17) is 5.73 Å². The van der Waals surface area contributed by atoms with Gasteiger partial charge in [-0.15, -0.1) is 12.4 Å². The number of nitrogens with two attached hydrogens (primary N) is 1. The molecule has 0 heterocycles. The molecular weight excluding hydrogens is 291 g/mol. The Morgan fingerprint density at radius 1 is 1.38 bits per heavy atom. The molecule has 0 saturated heterocycles. The van der Waals surface area contributed by atoms with Crippen LogP contribution in [0.25, 0.3) is 0 Å². The zero-order valence-corrected chi connectivity index (χ0v) is 13.3. The minimum Gasteiger partial charge on any atom is -0.338 e. The molecule has 0 aromatic heterocycles. The summed E-state index contributed by atoms with van der Waals surface area (Å²) >= 11 is 0. The largest absolute Gasteiger partial charge is 0.338 e. The lowest BCUT2D eigenvalue weighted by atomic mass is 9.84. The number of halogens is 2. The second-order valence-corrected chi connectivity index (χ2v) is 5.64. The average Bonchev–Trinajstić information content (AvgIpc) is 2.94. The van der Waals surface area contributed by atoms with Gasteiger partial charge in [0.15, 0.2) is 0 Å². The van der Waals surface area contributed by atoms with Crippen LogP contribution in [0.15, 0.2) is 24.3 Å². The fourth-order valence-electron chi connectivity index (χ4n) is 3.08. The Kier molecular flexibility index (Phi) is 6.62. The molecule has 1 saturated carbocycles. The van der Waals surface area contributed by atoms with Gasteiger partial charge in [0.25, 0.3) is 0 Å². The van der Waals surface area contributed by atoms with E-state index < -0.39 is 0 Å². The predicted octanol–water partition coefficient (Wildman–Crippen LogP) is 3.12. The van der Waals surface area contributed by atoms with Crippen LogP contribution in [0.4, 0.5) is 4.39 Å². The molecule has 21 heavy (non-hydrogen) atoms. The number of amides is 1. The molecule has 1 aliphatic rings. The number of hydrogen-bond acceptors (Lipinski definition) is 2. The van der Waals surface area contributed by atoms with Gasteiger partial charge in [-0.2, -0.15) is 0 Å². The standard InChI is InChI=1S/C16H23FN2O.ClH/c1-2-19(11-13-6-5-7-14(17)10-13)15(20)16(12-18)8-3-4-9-16;/h5-7,10H,2-4,8-9,11-12,18H2,1H3;1H. The number of benzene rings is 1. The van der Waals surface area contributed by atoms with Gasteiger partial charge in [-0.1, -0.05) is 25.0 Å². The van der Waals surface area contributed by atoms with Crippen LogP contribution in [-0.4, -0.2) is 23.9 Å². The lowest BCUT2D eigenvalue weighted by Gasteiger charge is -2.33. The summed E-state index contributed by atoms with van der Waals surface area (Å²) in [5.74, 6) is -0.135. The summed E-state index contributed by atoms with van der Waals surface area (Å²) in [5, 5.41) is 0. The van der Waals surface area contributed by atoms with Gasteiger partial charge in [0, 0.05) is 19.6 Å². The van der Waals surface area contributed by atoms with Crippen molar-refractivity contribution >= 4 is 18.3 Å². The van der Waals surface area contributed by atoms with Crippen molar-refractivity contribution in [3.8, 4) is 0 Å². The highest BCUT2D eigenvalue weighted by atomic mass is 35.5. The van der Waals surface area contributed by atoms with Crippen molar-refractivity contribution in [2.75, 3.05) is 13.1 Å². The Hall–Kier alpha value is -1.13. The van der Waals surface area contributed by atoms with E-state index in [2.05, 4.69) is 0 Å². The summed E-state index contributed by atoms with van der Waals surface area (Å²) < 4.78 is 13.2. The molecule has 1 aromatic rings.